The lowest BCUT2D eigenvalue weighted by Gasteiger charge is -2.31. The maximum atomic E-state index is 12.6. The van der Waals surface area contributed by atoms with E-state index in [1.54, 1.807) is 22.2 Å². The Labute approximate surface area is 128 Å². The zero-order chi connectivity index (χ0) is 14.8. The number of hydrogen-bond acceptors (Lipinski definition) is 4. The lowest BCUT2D eigenvalue weighted by Crippen LogP contribution is -2.39. The van der Waals surface area contributed by atoms with Crippen LogP contribution in [0.3, 0.4) is 0 Å². The Morgan fingerprint density at radius 3 is 3.00 bits per heavy atom. The number of likely N-dealkylation sites (tertiary alicyclic amines) is 1. The van der Waals surface area contributed by atoms with Gasteiger partial charge in [-0.3, -0.25) is 9.48 Å². The van der Waals surface area contributed by atoms with E-state index in [1.807, 2.05) is 24.2 Å². The number of nitrogens with zero attached hydrogens (tertiary/aromatic N) is 4. The molecule has 6 heteroatoms. The van der Waals surface area contributed by atoms with Crippen LogP contribution in [0, 0.1) is 6.92 Å². The largest absolute Gasteiger partial charge is 0.338 e. The molecule has 5 nitrogen and oxygen atoms in total. The van der Waals surface area contributed by atoms with Gasteiger partial charge in [-0.25, -0.2) is 4.98 Å². The second-order valence-electron chi connectivity index (χ2n) is 5.48. The van der Waals surface area contributed by atoms with Crippen molar-refractivity contribution in [1.82, 2.24) is 19.7 Å². The summed E-state index contributed by atoms with van der Waals surface area (Å²) in [7, 11) is 0. The summed E-state index contributed by atoms with van der Waals surface area (Å²) in [4.78, 5) is 20.2. The highest BCUT2D eigenvalue weighted by atomic mass is 32.1. The molecule has 0 bridgehead atoms. The van der Waals surface area contributed by atoms with Gasteiger partial charge in [-0.1, -0.05) is 0 Å². The molecule has 1 aliphatic rings. The second-order valence-corrected chi connectivity index (χ2v) is 6.75. The molecule has 3 heterocycles. The summed E-state index contributed by atoms with van der Waals surface area (Å²) in [6.45, 7) is 6.48. The number of aromatic nitrogens is 3. The lowest BCUT2D eigenvalue weighted by atomic mass is 9.98. The fraction of sp³-hybridized carbons (Fsp3) is 0.533. The average molecular weight is 304 g/mol. The number of piperidine rings is 1. The highest BCUT2D eigenvalue weighted by Gasteiger charge is 2.27. The zero-order valence-corrected chi connectivity index (χ0v) is 13.3. The first-order valence-electron chi connectivity index (χ1n) is 7.41. The monoisotopic (exact) mass is 304 g/mol. The maximum Gasteiger partial charge on any atom is 0.257 e. The standard InChI is InChI=1S/C15H20N4OS/c1-3-19-10-13(8-17-19)15(20)18-6-4-5-12(9-18)14-16-7-11(2)21-14/h7-8,10,12H,3-6,9H2,1-2H3/t12-/m0/s1. The van der Waals surface area contributed by atoms with Gasteiger partial charge in [-0.15, -0.1) is 11.3 Å². The van der Waals surface area contributed by atoms with Crippen molar-refractivity contribution in [2.45, 2.75) is 39.2 Å². The second kappa shape index (κ2) is 5.97. The van der Waals surface area contributed by atoms with E-state index < -0.39 is 0 Å². The molecular formula is C15H20N4OS. The van der Waals surface area contributed by atoms with Crippen LogP contribution in [0.15, 0.2) is 18.6 Å². The quantitative estimate of drug-likeness (QED) is 0.876. The van der Waals surface area contributed by atoms with E-state index in [1.165, 1.54) is 4.88 Å². The summed E-state index contributed by atoms with van der Waals surface area (Å²) in [5.74, 6) is 0.468. The van der Waals surface area contributed by atoms with Crippen molar-refractivity contribution >= 4 is 17.2 Å². The number of amides is 1. The van der Waals surface area contributed by atoms with Crippen LogP contribution in [0.5, 0.6) is 0 Å². The van der Waals surface area contributed by atoms with Crippen LogP contribution >= 0.6 is 11.3 Å². The van der Waals surface area contributed by atoms with E-state index in [-0.39, 0.29) is 5.91 Å². The fourth-order valence-corrected chi connectivity index (χ4v) is 3.65. The molecule has 1 aliphatic heterocycles. The third kappa shape index (κ3) is 3.00. The molecule has 2 aromatic rings. The molecule has 1 amide bonds. The number of carbonyl (C=O) groups is 1. The Hall–Kier alpha value is -1.69. The molecule has 112 valence electrons. The van der Waals surface area contributed by atoms with Gasteiger partial charge in [0.2, 0.25) is 0 Å². The van der Waals surface area contributed by atoms with Crippen LogP contribution in [0.1, 0.15) is 45.9 Å². The summed E-state index contributed by atoms with van der Waals surface area (Å²) in [5, 5.41) is 5.35. The molecule has 0 unspecified atom stereocenters. The predicted molar refractivity (Wildman–Crippen MR) is 82.6 cm³/mol. The third-order valence-corrected chi connectivity index (χ3v) is 4.98. The zero-order valence-electron chi connectivity index (χ0n) is 12.5. The fourth-order valence-electron chi connectivity index (χ4n) is 2.75. The third-order valence-electron chi connectivity index (χ3n) is 3.90. The van der Waals surface area contributed by atoms with Crippen LogP contribution in [-0.2, 0) is 6.54 Å². The van der Waals surface area contributed by atoms with Crippen molar-refractivity contribution in [3.8, 4) is 0 Å². The minimum absolute atomic E-state index is 0.0904. The summed E-state index contributed by atoms with van der Waals surface area (Å²) in [6.07, 6.45) is 7.58. The minimum atomic E-state index is 0.0904. The first-order chi connectivity index (χ1) is 10.2. The molecule has 1 fully saturated rings. The number of thiazole rings is 1. The molecular weight excluding hydrogens is 284 g/mol. The van der Waals surface area contributed by atoms with Gasteiger partial charge in [0.15, 0.2) is 0 Å². The maximum absolute atomic E-state index is 12.6. The number of hydrogen-bond donors (Lipinski definition) is 0. The van der Waals surface area contributed by atoms with Gasteiger partial charge in [-0.2, -0.15) is 5.10 Å². The van der Waals surface area contributed by atoms with Crippen LogP contribution < -0.4 is 0 Å². The molecule has 3 rings (SSSR count). The number of carbonyl (C=O) groups excluding carboxylic acids is 1. The summed E-state index contributed by atoms with van der Waals surface area (Å²) >= 11 is 1.75. The highest BCUT2D eigenvalue weighted by molar-refractivity contribution is 7.11. The SMILES string of the molecule is CCn1cc(C(=O)N2CCC[C@H](c3ncc(C)s3)C2)cn1. The van der Waals surface area contributed by atoms with E-state index in [9.17, 15) is 4.79 Å². The van der Waals surface area contributed by atoms with Gasteiger partial charge < -0.3 is 4.90 Å². The van der Waals surface area contributed by atoms with E-state index in [4.69, 9.17) is 0 Å². The molecule has 1 atom stereocenters. The van der Waals surface area contributed by atoms with Crippen molar-refractivity contribution in [3.63, 3.8) is 0 Å². The van der Waals surface area contributed by atoms with Crippen molar-refractivity contribution in [1.29, 1.82) is 0 Å². The molecule has 0 radical (unpaired) electrons. The Bertz CT molecular complexity index is 633. The van der Waals surface area contributed by atoms with E-state index in [0.29, 0.717) is 11.5 Å². The van der Waals surface area contributed by atoms with Gasteiger partial charge in [0.1, 0.15) is 0 Å². The van der Waals surface area contributed by atoms with Crippen molar-refractivity contribution in [2.75, 3.05) is 13.1 Å². The normalized spacial score (nSPS) is 19.0. The van der Waals surface area contributed by atoms with Gasteiger partial charge in [0.25, 0.3) is 5.91 Å². The Morgan fingerprint density at radius 2 is 2.33 bits per heavy atom. The van der Waals surface area contributed by atoms with Crippen molar-refractivity contribution in [3.05, 3.63) is 34.0 Å². The smallest absolute Gasteiger partial charge is 0.257 e. The molecule has 0 N–H and O–H groups in total. The van der Waals surface area contributed by atoms with Gasteiger partial charge in [-0.05, 0) is 26.7 Å². The first-order valence-corrected chi connectivity index (χ1v) is 8.23. The average Bonchev–Trinajstić information content (AvgIpc) is 3.15. The van der Waals surface area contributed by atoms with Crippen LogP contribution in [0.2, 0.25) is 0 Å². The van der Waals surface area contributed by atoms with Crippen LogP contribution in [-0.4, -0.2) is 38.7 Å². The van der Waals surface area contributed by atoms with Gasteiger partial charge >= 0.3 is 0 Å². The number of rotatable bonds is 3. The van der Waals surface area contributed by atoms with Gasteiger partial charge in [0, 0.05) is 42.8 Å². The molecule has 0 saturated carbocycles. The Morgan fingerprint density at radius 1 is 1.48 bits per heavy atom. The molecule has 2 aromatic heterocycles. The topological polar surface area (TPSA) is 51.0 Å². The first kappa shape index (κ1) is 14.3. The summed E-state index contributed by atoms with van der Waals surface area (Å²) in [6, 6.07) is 0. The molecule has 0 spiro atoms. The number of aryl methyl sites for hydroxylation is 2. The molecule has 0 aliphatic carbocycles. The predicted octanol–water partition coefficient (Wildman–Crippen LogP) is 2.69. The highest BCUT2D eigenvalue weighted by Crippen LogP contribution is 2.30. The van der Waals surface area contributed by atoms with E-state index in [0.717, 1.165) is 37.5 Å². The Kier molecular flexibility index (Phi) is 4.05. The van der Waals surface area contributed by atoms with E-state index >= 15 is 0 Å². The van der Waals surface area contributed by atoms with E-state index in [2.05, 4.69) is 17.0 Å². The molecule has 1 saturated heterocycles. The van der Waals surface area contributed by atoms with Crippen LogP contribution in [0.25, 0.3) is 0 Å². The van der Waals surface area contributed by atoms with Crippen molar-refractivity contribution < 1.29 is 4.79 Å². The van der Waals surface area contributed by atoms with Crippen LogP contribution in [0.4, 0.5) is 0 Å². The van der Waals surface area contributed by atoms with Crippen molar-refractivity contribution in [2.24, 2.45) is 0 Å². The summed E-state index contributed by atoms with van der Waals surface area (Å²) < 4.78 is 1.79. The van der Waals surface area contributed by atoms with Gasteiger partial charge in [0.05, 0.1) is 16.8 Å². The Balaban J connectivity index is 1.72. The lowest BCUT2D eigenvalue weighted by molar-refractivity contribution is 0.0707. The summed E-state index contributed by atoms with van der Waals surface area (Å²) in [5.41, 5.74) is 0.688. The molecule has 21 heavy (non-hydrogen) atoms. The minimum Gasteiger partial charge on any atom is -0.338 e. The molecule has 0 aromatic carbocycles.